The summed E-state index contributed by atoms with van der Waals surface area (Å²) in [7, 11) is 0. The third-order valence-corrected chi connectivity index (χ3v) is 3.42. The lowest BCUT2D eigenvalue weighted by Crippen LogP contribution is -2.04. The van der Waals surface area contributed by atoms with Crippen molar-refractivity contribution in [3.63, 3.8) is 0 Å². The summed E-state index contributed by atoms with van der Waals surface area (Å²) in [6, 6.07) is 10.6. The average molecular weight is 243 g/mol. The van der Waals surface area contributed by atoms with Crippen LogP contribution in [0, 0.1) is 18.3 Å². The minimum Gasteiger partial charge on any atom is -0.340 e. The molecule has 1 aromatic heterocycles. The topological polar surface area (TPSA) is 52.5 Å². The molecule has 3 nitrogen and oxygen atoms in total. The molecule has 1 heterocycles. The van der Waals surface area contributed by atoms with Crippen molar-refractivity contribution < 1.29 is 0 Å². The zero-order valence-electron chi connectivity index (χ0n) is 9.55. The van der Waals surface area contributed by atoms with Gasteiger partial charge >= 0.3 is 0 Å². The maximum atomic E-state index is 9.13. The number of imidazole rings is 1. The predicted octanol–water partition coefficient (Wildman–Crippen LogP) is 2.95. The molecule has 0 radical (unpaired) electrons. The van der Waals surface area contributed by atoms with Crippen molar-refractivity contribution in [3.8, 4) is 6.07 Å². The van der Waals surface area contributed by atoms with Gasteiger partial charge in [0, 0.05) is 12.4 Å². The fraction of sp³-hybridized carbons (Fsp3) is 0.231. The van der Waals surface area contributed by atoms with E-state index in [1.807, 2.05) is 0 Å². The molecular formula is C13H13N3S. The molecule has 4 heteroatoms. The molecule has 0 saturated carbocycles. The number of rotatable bonds is 4. The van der Waals surface area contributed by atoms with Crippen molar-refractivity contribution in [2.45, 2.75) is 23.8 Å². The Labute approximate surface area is 105 Å². The van der Waals surface area contributed by atoms with Gasteiger partial charge in [-0.25, -0.2) is 4.98 Å². The second-order valence-corrected chi connectivity index (χ2v) is 5.01. The van der Waals surface area contributed by atoms with E-state index < -0.39 is 0 Å². The van der Waals surface area contributed by atoms with E-state index in [9.17, 15) is 0 Å². The Bertz CT molecular complexity index is 496. The molecule has 1 N–H and O–H groups in total. The van der Waals surface area contributed by atoms with Crippen LogP contribution in [0.25, 0.3) is 0 Å². The number of benzene rings is 1. The third-order valence-electron chi connectivity index (χ3n) is 2.41. The number of aromatic nitrogens is 2. The SMILES string of the molecule is Cc1ccc(CC(C#N)Sc2ncc[nH]2)cc1. The highest BCUT2D eigenvalue weighted by Crippen LogP contribution is 2.22. The summed E-state index contributed by atoms with van der Waals surface area (Å²) in [6.07, 6.45) is 4.20. The largest absolute Gasteiger partial charge is 0.340 e. The Kier molecular flexibility index (Phi) is 3.84. The Balaban J connectivity index is 2.01. The molecule has 2 aromatic rings. The van der Waals surface area contributed by atoms with Crippen molar-refractivity contribution in [2.24, 2.45) is 0 Å². The summed E-state index contributed by atoms with van der Waals surface area (Å²) in [5, 5.41) is 9.82. The molecule has 0 saturated heterocycles. The van der Waals surface area contributed by atoms with Crippen LogP contribution >= 0.6 is 11.8 Å². The second kappa shape index (κ2) is 5.55. The molecule has 86 valence electrons. The van der Waals surface area contributed by atoms with Gasteiger partial charge in [0.05, 0.1) is 6.07 Å². The minimum atomic E-state index is -0.108. The van der Waals surface area contributed by atoms with Gasteiger partial charge < -0.3 is 4.98 Å². The van der Waals surface area contributed by atoms with Crippen LogP contribution in [0.15, 0.2) is 41.8 Å². The molecular weight excluding hydrogens is 230 g/mol. The van der Waals surface area contributed by atoms with Crippen LogP contribution < -0.4 is 0 Å². The molecule has 0 aliphatic rings. The van der Waals surface area contributed by atoms with Gasteiger partial charge in [-0.1, -0.05) is 41.6 Å². The van der Waals surface area contributed by atoms with Crippen LogP contribution in [0.2, 0.25) is 0 Å². The van der Waals surface area contributed by atoms with E-state index in [4.69, 9.17) is 5.26 Å². The fourth-order valence-corrected chi connectivity index (χ4v) is 2.36. The van der Waals surface area contributed by atoms with Crippen LogP contribution in [-0.4, -0.2) is 15.2 Å². The highest BCUT2D eigenvalue weighted by Gasteiger charge is 2.11. The van der Waals surface area contributed by atoms with E-state index in [1.165, 1.54) is 22.9 Å². The average Bonchev–Trinajstić information content (AvgIpc) is 2.84. The van der Waals surface area contributed by atoms with Crippen LogP contribution in [0.1, 0.15) is 11.1 Å². The zero-order chi connectivity index (χ0) is 12.1. The lowest BCUT2D eigenvalue weighted by atomic mass is 10.1. The number of nitrogens with zero attached hydrogens (tertiary/aromatic N) is 2. The number of aryl methyl sites for hydroxylation is 1. The van der Waals surface area contributed by atoms with Crippen LogP contribution in [0.4, 0.5) is 0 Å². The Morgan fingerprint density at radius 3 is 2.76 bits per heavy atom. The summed E-state index contributed by atoms with van der Waals surface area (Å²) in [5.41, 5.74) is 2.42. The van der Waals surface area contributed by atoms with Gasteiger partial charge in [0.25, 0.3) is 0 Å². The molecule has 17 heavy (non-hydrogen) atoms. The van der Waals surface area contributed by atoms with E-state index in [-0.39, 0.29) is 5.25 Å². The molecule has 0 fully saturated rings. The van der Waals surface area contributed by atoms with E-state index in [1.54, 1.807) is 12.4 Å². The molecule has 1 atom stereocenters. The predicted molar refractivity (Wildman–Crippen MR) is 68.7 cm³/mol. The lowest BCUT2D eigenvalue weighted by Gasteiger charge is -2.07. The minimum absolute atomic E-state index is 0.108. The van der Waals surface area contributed by atoms with Crippen molar-refractivity contribution in [1.29, 1.82) is 5.26 Å². The fourth-order valence-electron chi connectivity index (χ4n) is 1.50. The smallest absolute Gasteiger partial charge is 0.166 e. The first-order valence-corrected chi connectivity index (χ1v) is 6.27. The summed E-state index contributed by atoms with van der Waals surface area (Å²) < 4.78 is 0. The molecule has 1 unspecified atom stereocenters. The summed E-state index contributed by atoms with van der Waals surface area (Å²) >= 11 is 1.47. The molecule has 0 aliphatic heterocycles. The number of thioether (sulfide) groups is 1. The van der Waals surface area contributed by atoms with Gasteiger partial charge in [-0.05, 0) is 18.9 Å². The van der Waals surface area contributed by atoms with Gasteiger partial charge in [0.15, 0.2) is 5.16 Å². The summed E-state index contributed by atoms with van der Waals surface area (Å²) in [6.45, 7) is 2.06. The van der Waals surface area contributed by atoms with Crippen LogP contribution in [0.3, 0.4) is 0 Å². The van der Waals surface area contributed by atoms with Crippen LogP contribution in [-0.2, 0) is 6.42 Å². The second-order valence-electron chi connectivity index (χ2n) is 3.82. The highest BCUT2D eigenvalue weighted by atomic mass is 32.2. The molecule has 0 aliphatic carbocycles. The summed E-state index contributed by atoms with van der Waals surface area (Å²) in [4.78, 5) is 7.11. The molecule has 0 spiro atoms. The van der Waals surface area contributed by atoms with Crippen molar-refractivity contribution in [2.75, 3.05) is 0 Å². The first-order chi connectivity index (χ1) is 8.28. The Morgan fingerprint density at radius 2 is 2.18 bits per heavy atom. The van der Waals surface area contributed by atoms with Gasteiger partial charge in [0.1, 0.15) is 5.25 Å². The van der Waals surface area contributed by atoms with Gasteiger partial charge in [-0.3, -0.25) is 0 Å². The quantitative estimate of drug-likeness (QED) is 0.840. The number of nitriles is 1. The van der Waals surface area contributed by atoms with Gasteiger partial charge in [0.2, 0.25) is 0 Å². The highest BCUT2D eigenvalue weighted by molar-refractivity contribution is 8.00. The standard InChI is InChI=1S/C13H13N3S/c1-10-2-4-11(5-3-10)8-12(9-14)17-13-15-6-7-16-13/h2-7,12H,8H2,1H3,(H,15,16). The van der Waals surface area contributed by atoms with E-state index >= 15 is 0 Å². The first kappa shape index (κ1) is 11.7. The zero-order valence-corrected chi connectivity index (χ0v) is 10.4. The monoisotopic (exact) mass is 243 g/mol. The Morgan fingerprint density at radius 1 is 1.41 bits per heavy atom. The van der Waals surface area contributed by atoms with Crippen molar-refractivity contribution >= 4 is 11.8 Å². The Hall–Kier alpha value is -1.73. The number of aromatic amines is 1. The van der Waals surface area contributed by atoms with E-state index in [0.717, 1.165) is 11.6 Å². The van der Waals surface area contributed by atoms with Gasteiger partial charge in [-0.15, -0.1) is 0 Å². The third kappa shape index (κ3) is 3.36. The lowest BCUT2D eigenvalue weighted by molar-refractivity contribution is 0.995. The number of H-pyrrole nitrogens is 1. The van der Waals surface area contributed by atoms with E-state index in [0.29, 0.717) is 0 Å². The molecule has 2 rings (SSSR count). The normalized spacial score (nSPS) is 12.0. The maximum absolute atomic E-state index is 9.13. The van der Waals surface area contributed by atoms with E-state index in [2.05, 4.69) is 47.2 Å². The van der Waals surface area contributed by atoms with Crippen molar-refractivity contribution in [3.05, 3.63) is 47.8 Å². The number of hydrogen-bond acceptors (Lipinski definition) is 3. The number of hydrogen-bond donors (Lipinski definition) is 1. The molecule has 0 amide bonds. The summed E-state index contributed by atoms with van der Waals surface area (Å²) in [5.74, 6) is 0. The molecule has 1 aromatic carbocycles. The maximum Gasteiger partial charge on any atom is 0.166 e. The van der Waals surface area contributed by atoms with Crippen molar-refractivity contribution in [1.82, 2.24) is 9.97 Å². The van der Waals surface area contributed by atoms with Crippen LogP contribution in [0.5, 0.6) is 0 Å². The molecule has 0 bridgehead atoms. The first-order valence-electron chi connectivity index (χ1n) is 5.39. The number of nitrogens with one attached hydrogen (secondary N) is 1. The van der Waals surface area contributed by atoms with Gasteiger partial charge in [-0.2, -0.15) is 5.26 Å².